The molecule has 31 heavy (non-hydrogen) atoms. The van der Waals surface area contributed by atoms with Gasteiger partial charge in [0.2, 0.25) is 0 Å². The SMILES string of the molecule is CCN(CC)CCOc1ccc(C2c3ccccc3CCC2c2ccccc2F)cc1. The lowest BCUT2D eigenvalue weighted by molar-refractivity contribution is 0.223. The molecule has 1 aliphatic carbocycles. The van der Waals surface area contributed by atoms with Gasteiger partial charge in [-0.2, -0.15) is 0 Å². The van der Waals surface area contributed by atoms with E-state index in [2.05, 4.69) is 67.3 Å². The summed E-state index contributed by atoms with van der Waals surface area (Å²) < 4.78 is 20.7. The molecule has 0 saturated heterocycles. The molecule has 0 aromatic heterocycles. The third-order valence-corrected chi connectivity index (χ3v) is 6.63. The van der Waals surface area contributed by atoms with Crippen LogP contribution in [0.2, 0.25) is 0 Å². The molecule has 1 aliphatic rings. The van der Waals surface area contributed by atoms with Crippen LogP contribution < -0.4 is 4.74 Å². The number of fused-ring (bicyclic) bond motifs is 1. The van der Waals surface area contributed by atoms with E-state index < -0.39 is 0 Å². The first-order valence-corrected chi connectivity index (χ1v) is 11.5. The second-order valence-corrected chi connectivity index (χ2v) is 8.29. The third-order valence-electron chi connectivity index (χ3n) is 6.63. The van der Waals surface area contributed by atoms with Crippen molar-refractivity contribution in [3.8, 4) is 5.75 Å². The Morgan fingerprint density at radius 3 is 2.26 bits per heavy atom. The Hall–Kier alpha value is -2.65. The number of aryl methyl sites for hydroxylation is 1. The fraction of sp³-hybridized carbons (Fsp3) is 0.357. The van der Waals surface area contributed by atoms with Crippen LogP contribution in [0, 0.1) is 5.82 Å². The molecule has 0 saturated carbocycles. The number of hydrogen-bond acceptors (Lipinski definition) is 2. The van der Waals surface area contributed by atoms with Gasteiger partial charge >= 0.3 is 0 Å². The minimum Gasteiger partial charge on any atom is -0.492 e. The van der Waals surface area contributed by atoms with Gasteiger partial charge in [-0.1, -0.05) is 68.4 Å². The number of nitrogens with zero attached hydrogens (tertiary/aromatic N) is 1. The van der Waals surface area contributed by atoms with Crippen LogP contribution in [0.4, 0.5) is 4.39 Å². The Morgan fingerprint density at radius 2 is 1.55 bits per heavy atom. The lowest BCUT2D eigenvalue weighted by atomic mass is 9.69. The van der Waals surface area contributed by atoms with Crippen LogP contribution in [0.5, 0.6) is 5.75 Å². The molecule has 0 bridgehead atoms. The monoisotopic (exact) mass is 417 g/mol. The number of benzene rings is 3. The zero-order chi connectivity index (χ0) is 21.6. The van der Waals surface area contributed by atoms with E-state index in [9.17, 15) is 4.39 Å². The molecule has 162 valence electrons. The van der Waals surface area contributed by atoms with Gasteiger partial charge in [-0.25, -0.2) is 4.39 Å². The molecule has 2 unspecified atom stereocenters. The highest BCUT2D eigenvalue weighted by Gasteiger charge is 2.33. The predicted octanol–water partition coefficient (Wildman–Crippen LogP) is 6.41. The van der Waals surface area contributed by atoms with Crippen molar-refractivity contribution in [2.75, 3.05) is 26.2 Å². The molecule has 2 nitrogen and oxygen atoms in total. The van der Waals surface area contributed by atoms with Gasteiger partial charge in [0.05, 0.1) is 0 Å². The second-order valence-electron chi connectivity index (χ2n) is 8.29. The van der Waals surface area contributed by atoms with Crippen molar-refractivity contribution in [1.29, 1.82) is 0 Å². The van der Waals surface area contributed by atoms with Gasteiger partial charge in [-0.15, -0.1) is 0 Å². The molecule has 0 N–H and O–H groups in total. The van der Waals surface area contributed by atoms with Crippen molar-refractivity contribution >= 4 is 0 Å². The molecule has 0 radical (unpaired) electrons. The van der Waals surface area contributed by atoms with Gasteiger partial charge in [-0.05, 0) is 72.3 Å². The van der Waals surface area contributed by atoms with Crippen molar-refractivity contribution in [2.45, 2.75) is 38.5 Å². The van der Waals surface area contributed by atoms with Crippen LogP contribution in [0.15, 0.2) is 72.8 Å². The summed E-state index contributed by atoms with van der Waals surface area (Å²) in [6, 6.07) is 24.3. The molecule has 3 aromatic carbocycles. The van der Waals surface area contributed by atoms with E-state index in [-0.39, 0.29) is 17.7 Å². The van der Waals surface area contributed by atoms with E-state index in [4.69, 9.17) is 4.74 Å². The molecule has 0 spiro atoms. The van der Waals surface area contributed by atoms with Gasteiger partial charge in [0.25, 0.3) is 0 Å². The Labute approximate surface area is 185 Å². The standard InChI is InChI=1S/C28H32FNO/c1-3-30(4-2)19-20-31-23-16-13-22(14-17-23)28-24-10-6-5-9-21(24)15-18-26(28)25-11-7-8-12-27(25)29/h5-14,16-17,26,28H,3-4,15,18-20H2,1-2H3. The smallest absolute Gasteiger partial charge is 0.126 e. The third kappa shape index (κ3) is 4.83. The normalized spacial score (nSPS) is 18.1. The van der Waals surface area contributed by atoms with Crippen molar-refractivity contribution in [2.24, 2.45) is 0 Å². The molecular weight excluding hydrogens is 385 g/mol. The van der Waals surface area contributed by atoms with E-state index in [0.717, 1.165) is 43.8 Å². The highest BCUT2D eigenvalue weighted by molar-refractivity contribution is 5.46. The van der Waals surface area contributed by atoms with Crippen molar-refractivity contribution in [3.63, 3.8) is 0 Å². The summed E-state index contributed by atoms with van der Waals surface area (Å²) in [5, 5.41) is 0. The van der Waals surface area contributed by atoms with Gasteiger partial charge < -0.3 is 9.64 Å². The number of likely N-dealkylation sites (N-methyl/N-ethyl adjacent to an activating group) is 1. The average Bonchev–Trinajstić information content (AvgIpc) is 2.82. The summed E-state index contributed by atoms with van der Waals surface area (Å²) in [4.78, 5) is 2.35. The summed E-state index contributed by atoms with van der Waals surface area (Å²) in [6.45, 7) is 8.04. The van der Waals surface area contributed by atoms with E-state index in [0.29, 0.717) is 6.61 Å². The zero-order valence-electron chi connectivity index (χ0n) is 18.6. The maximum absolute atomic E-state index is 14.7. The van der Waals surface area contributed by atoms with Gasteiger partial charge in [0.15, 0.2) is 0 Å². The van der Waals surface area contributed by atoms with Crippen LogP contribution in [0.1, 0.15) is 54.4 Å². The van der Waals surface area contributed by atoms with Crippen molar-refractivity contribution < 1.29 is 9.13 Å². The summed E-state index contributed by atoms with van der Waals surface area (Å²) in [5.41, 5.74) is 4.73. The fourth-order valence-corrected chi connectivity index (χ4v) is 4.89. The second kappa shape index (κ2) is 10.1. The Morgan fingerprint density at radius 1 is 0.871 bits per heavy atom. The van der Waals surface area contributed by atoms with E-state index in [1.807, 2.05) is 12.1 Å². The van der Waals surface area contributed by atoms with E-state index in [1.165, 1.54) is 16.7 Å². The number of hydrogen-bond donors (Lipinski definition) is 0. The molecule has 4 rings (SSSR count). The molecule has 2 atom stereocenters. The summed E-state index contributed by atoms with van der Waals surface area (Å²) in [7, 11) is 0. The summed E-state index contributed by atoms with van der Waals surface area (Å²) in [5.74, 6) is 1.06. The first-order valence-electron chi connectivity index (χ1n) is 11.5. The lowest BCUT2D eigenvalue weighted by Gasteiger charge is -2.35. The van der Waals surface area contributed by atoms with Crippen LogP contribution >= 0.6 is 0 Å². The topological polar surface area (TPSA) is 12.5 Å². The van der Waals surface area contributed by atoms with Crippen LogP contribution in [-0.4, -0.2) is 31.1 Å². The number of ether oxygens (including phenoxy) is 1. The van der Waals surface area contributed by atoms with Crippen molar-refractivity contribution in [1.82, 2.24) is 4.90 Å². The van der Waals surface area contributed by atoms with Gasteiger partial charge in [-0.3, -0.25) is 0 Å². The molecule has 0 amide bonds. The molecule has 3 aromatic rings. The highest BCUT2D eigenvalue weighted by atomic mass is 19.1. The summed E-state index contributed by atoms with van der Waals surface area (Å²) >= 11 is 0. The fourth-order valence-electron chi connectivity index (χ4n) is 4.89. The molecule has 3 heteroatoms. The first kappa shape index (κ1) is 21.6. The van der Waals surface area contributed by atoms with Crippen LogP contribution in [0.3, 0.4) is 0 Å². The predicted molar refractivity (Wildman–Crippen MR) is 125 cm³/mol. The molecular formula is C28H32FNO. The van der Waals surface area contributed by atoms with E-state index in [1.54, 1.807) is 12.1 Å². The summed E-state index contributed by atoms with van der Waals surface area (Å²) in [6.07, 6.45) is 1.93. The van der Waals surface area contributed by atoms with E-state index >= 15 is 0 Å². The maximum Gasteiger partial charge on any atom is 0.126 e. The number of halogens is 1. The van der Waals surface area contributed by atoms with Gasteiger partial charge in [0.1, 0.15) is 18.2 Å². The van der Waals surface area contributed by atoms with Crippen LogP contribution in [0.25, 0.3) is 0 Å². The Balaban J connectivity index is 1.59. The van der Waals surface area contributed by atoms with Gasteiger partial charge in [0, 0.05) is 12.5 Å². The maximum atomic E-state index is 14.7. The number of rotatable bonds is 8. The molecule has 0 heterocycles. The zero-order valence-corrected chi connectivity index (χ0v) is 18.6. The Kier molecular flexibility index (Phi) is 7.03. The average molecular weight is 418 g/mol. The molecule has 0 fully saturated rings. The highest BCUT2D eigenvalue weighted by Crippen LogP contribution is 2.46. The minimum atomic E-state index is -0.103. The van der Waals surface area contributed by atoms with Crippen LogP contribution in [-0.2, 0) is 6.42 Å². The molecule has 0 aliphatic heterocycles. The van der Waals surface area contributed by atoms with Crippen molar-refractivity contribution in [3.05, 3.63) is 101 Å². The quantitative estimate of drug-likeness (QED) is 0.420. The minimum absolute atomic E-state index is 0.103. The first-order chi connectivity index (χ1) is 15.2. The lowest BCUT2D eigenvalue weighted by Crippen LogP contribution is -2.27. The Bertz CT molecular complexity index is 980. The largest absolute Gasteiger partial charge is 0.492 e.